The number of benzene rings is 1. The van der Waals surface area contributed by atoms with Gasteiger partial charge < -0.3 is 0 Å². The Kier molecular flexibility index (Phi) is 4.23. The zero-order valence-electron chi connectivity index (χ0n) is 12.1. The first kappa shape index (κ1) is 13.6. The Hall–Kier alpha value is -1.80. The number of hydrogen-bond acceptors (Lipinski definition) is 2. The number of allylic oxidation sites excluding steroid dienone is 3. The maximum atomic E-state index is 3.31. The molecule has 0 aliphatic heterocycles. The third-order valence-electron chi connectivity index (χ3n) is 3.41. The van der Waals surface area contributed by atoms with Crippen LogP contribution in [0.2, 0.25) is 0 Å². The smallest absolute Gasteiger partial charge is 0.0887 e. The molecule has 2 rings (SSSR count). The Morgan fingerprint density at radius 2 is 1.79 bits per heavy atom. The first-order chi connectivity index (χ1) is 9.13. The van der Waals surface area contributed by atoms with E-state index in [1.807, 2.05) is 7.05 Å². The molecule has 1 unspecified atom stereocenters. The monoisotopic (exact) mass is 254 g/mol. The summed E-state index contributed by atoms with van der Waals surface area (Å²) in [5, 5.41) is 2.20. The first-order valence-electron chi connectivity index (χ1n) is 6.69. The van der Waals surface area contributed by atoms with E-state index in [1.165, 1.54) is 22.4 Å². The molecular weight excluding hydrogens is 232 g/mol. The van der Waals surface area contributed by atoms with Gasteiger partial charge in [0.05, 0.1) is 11.7 Å². The summed E-state index contributed by atoms with van der Waals surface area (Å²) >= 11 is 0. The molecule has 0 bridgehead atoms. The predicted octanol–water partition coefficient (Wildman–Crippen LogP) is 3.77. The fourth-order valence-corrected chi connectivity index (χ4v) is 2.35. The van der Waals surface area contributed by atoms with Gasteiger partial charge in [0, 0.05) is 7.05 Å². The van der Waals surface area contributed by atoms with E-state index in [0.717, 1.165) is 0 Å². The standard InChI is InChI=1S/C17H22N2/c1-13(2)16-7-5-6-8-17(16)19(18-4)15-11-9-14(3)10-12-15/h5-12,17-18H,1-4H3. The van der Waals surface area contributed by atoms with E-state index >= 15 is 0 Å². The van der Waals surface area contributed by atoms with Crippen molar-refractivity contribution in [3.8, 4) is 0 Å². The topological polar surface area (TPSA) is 15.3 Å². The predicted molar refractivity (Wildman–Crippen MR) is 83.2 cm³/mol. The molecule has 0 fully saturated rings. The highest BCUT2D eigenvalue weighted by Gasteiger charge is 2.20. The van der Waals surface area contributed by atoms with E-state index in [9.17, 15) is 0 Å². The van der Waals surface area contributed by atoms with Crippen LogP contribution in [0.15, 0.2) is 59.7 Å². The van der Waals surface area contributed by atoms with Crippen molar-refractivity contribution in [2.24, 2.45) is 0 Å². The minimum absolute atomic E-state index is 0.239. The fraction of sp³-hybridized carbons (Fsp3) is 0.294. The van der Waals surface area contributed by atoms with Gasteiger partial charge in [0.1, 0.15) is 0 Å². The van der Waals surface area contributed by atoms with Crippen molar-refractivity contribution in [1.82, 2.24) is 5.43 Å². The number of nitrogens with one attached hydrogen (secondary N) is 1. The van der Waals surface area contributed by atoms with Crippen LogP contribution in [-0.2, 0) is 0 Å². The molecule has 1 atom stereocenters. The van der Waals surface area contributed by atoms with E-state index in [4.69, 9.17) is 0 Å². The van der Waals surface area contributed by atoms with Crippen molar-refractivity contribution < 1.29 is 0 Å². The number of anilines is 1. The molecule has 0 saturated carbocycles. The molecule has 100 valence electrons. The van der Waals surface area contributed by atoms with Crippen LogP contribution in [0.5, 0.6) is 0 Å². The van der Waals surface area contributed by atoms with Gasteiger partial charge in [0.25, 0.3) is 0 Å². The van der Waals surface area contributed by atoms with E-state index in [-0.39, 0.29) is 6.04 Å². The average molecular weight is 254 g/mol. The van der Waals surface area contributed by atoms with Gasteiger partial charge in [0.2, 0.25) is 0 Å². The minimum Gasteiger partial charge on any atom is -0.297 e. The van der Waals surface area contributed by atoms with Gasteiger partial charge >= 0.3 is 0 Å². The van der Waals surface area contributed by atoms with Crippen molar-refractivity contribution in [3.05, 3.63) is 65.3 Å². The summed E-state index contributed by atoms with van der Waals surface area (Å²) in [6.45, 7) is 6.43. The lowest BCUT2D eigenvalue weighted by atomic mass is 9.97. The molecule has 0 aromatic heterocycles. The van der Waals surface area contributed by atoms with Gasteiger partial charge in [0.15, 0.2) is 0 Å². The van der Waals surface area contributed by atoms with Gasteiger partial charge in [-0.1, -0.05) is 47.6 Å². The van der Waals surface area contributed by atoms with Crippen molar-refractivity contribution in [1.29, 1.82) is 0 Å². The van der Waals surface area contributed by atoms with Crippen LogP contribution < -0.4 is 10.4 Å². The molecule has 0 spiro atoms. The molecule has 0 radical (unpaired) electrons. The van der Waals surface area contributed by atoms with E-state index in [2.05, 4.69) is 79.8 Å². The lowest BCUT2D eigenvalue weighted by Gasteiger charge is -2.33. The quantitative estimate of drug-likeness (QED) is 0.826. The van der Waals surface area contributed by atoms with Crippen LogP contribution in [0.1, 0.15) is 19.4 Å². The summed E-state index contributed by atoms with van der Waals surface area (Å²) in [4.78, 5) is 0. The summed E-state index contributed by atoms with van der Waals surface area (Å²) in [5.74, 6) is 0. The maximum Gasteiger partial charge on any atom is 0.0887 e. The van der Waals surface area contributed by atoms with E-state index in [0.29, 0.717) is 0 Å². The van der Waals surface area contributed by atoms with Crippen LogP contribution in [0.3, 0.4) is 0 Å². The summed E-state index contributed by atoms with van der Waals surface area (Å²) < 4.78 is 0. The number of rotatable bonds is 3. The molecule has 2 heteroatoms. The fourth-order valence-electron chi connectivity index (χ4n) is 2.35. The minimum atomic E-state index is 0.239. The molecule has 1 aliphatic carbocycles. The van der Waals surface area contributed by atoms with Crippen LogP contribution in [0.4, 0.5) is 5.69 Å². The third kappa shape index (κ3) is 2.96. The maximum absolute atomic E-state index is 3.31. The lowest BCUT2D eigenvalue weighted by Crippen LogP contribution is -2.44. The Labute approximate surface area is 116 Å². The molecule has 19 heavy (non-hydrogen) atoms. The highest BCUT2D eigenvalue weighted by atomic mass is 15.5. The van der Waals surface area contributed by atoms with Crippen LogP contribution in [0, 0.1) is 6.92 Å². The SMILES string of the molecule is CNN(c1ccc(C)cc1)C1C=CC=CC1=C(C)C. The summed E-state index contributed by atoms with van der Waals surface area (Å²) in [7, 11) is 1.97. The van der Waals surface area contributed by atoms with Gasteiger partial charge in [-0.25, -0.2) is 5.43 Å². The first-order valence-corrected chi connectivity index (χ1v) is 6.69. The molecule has 1 aromatic rings. The van der Waals surface area contributed by atoms with Crippen LogP contribution in [-0.4, -0.2) is 13.1 Å². The molecular formula is C17H22N2. The van der Waals surface area contributed by atoms with E-state index in [1.54, 1.807) is 0 Å². The van der Waals surface area contributed by atoms with Crippen molar-refractivity contribution in [2.75, 3.05) is 12.1 Å². The number of hydrogen-bond donors (Lipinski definition) is 1. The molecule has 2 nitrogen and oxygen atoms in total. The van der Waals surface area contributed by atoms with E-state index < -0.39 is 0 Å². The van der Waals surface area contributed by atoms with Crippen LogP contribution in [0.25, 0.3) is 0 Å². The Bertz CT molecular complexity index is 517. The second-order valence-electron chi connectivity index (χ2n) is 5.07. The van der Waals surface area contributed by atoms with Gasteiger partial charge in [-0.3, -0.25) is 5.01 Å². The Morgan fingerprint density at radius 1 is 1.11 bits per heavy atom. The second kappa shape index (κ2) is 5.89. The van der Waals surface area contributed by atoms with Gasteiger partial charge in [-0.15, -0.1) is 0 Å². The van der Waals surface area contributed by atoms with Crippen LogP contribution >= 0.6 is 0 Å². The van der Waals surface area contributed by atoms with Crippen molar-refractivity contribution in [2.45, 2.75) is 26.8 Å². The molecule has 0 amide bonds. The molecule has 1 N–H and O–H groups in total. The molecule has 1 aromatic carbocycles. The Balaban J connectivity index is 2.36. The molecule has 1 aliphatic rings. The van der Waals surface area contributed by atoms with Crippen molar-refractivity contribution in [3.63, 3.8) is 0 Å². The summed E-state index contributed by atoms with van der Waals surface area (Å²) in [5.41, 5.74) is 8.45. The average Bonchev–Trinajstić information content (AvgIpc) is 2.42. The lowest BCUT2D eigenvalue weighted by molar-refractivity contribution is 0.669. The summed E-state index contributed by atoms with van der Waals surface area (Å²) in [6, 6.07) is 8.83. The normalized spacial score (nSPS) is 17.7. The second-order valence-corrected chi connectivity index (χ2v) is 5.07. The molecule has 0 saturated heterocycles. The number of nitrogens with zero attached hydrogens (tertiary/aromatic N) is 1. The number of hydrazine groups is 1. The van der Waals surface area contributed by atoms with Crippen molar-refractivity contribution >= 4 is 5.69 Å². The Morgan fingerprint density at radius 3 is 2.37 bits per heavy atom. The third-order valence-corrected chi connectivity index (χ3v) is 3.41. The van der Waals surface area contributed by atoms with Gasteiger partial charge in [-0.05, 0) is 38.5 Å². The van der Waals surface area contributed by atoms with Gasteiger partial charge in [-0.2, -0.15) is 0 Å². The summed E-state index contributed by atoms with van der Waals surface area (Å²) in [6.07, 6.45) is 8.62. The highest BCUT2D eigenvalue weighted by molar-refractivity contribution is 5.54. The number of aryl methyl sites for hydroxylation is 1. The largest absolute Gasteiger partial charge is 0.297 e. The zero-order valence-corrected chi connectivity index (χ0v) is 12.1. The highest BCUT2D eigenvalue weighted by Crippen LogP contribution is 2.25. The zero-order chi connectivity index (χ0) is 13.8. The molecule has 0 heterocycles.